The molecular weight excluding hydrogens is 296 g/mol. The Morgan fingerprint density at radius 2 is 1.96 bits per heavy atom. The summed E-state index contributed by atoms with van der Waals surface area (Å²) in [6, 6.07) is 7.22. The van der Waals surface area contributed by atoms with E-state index in [1.165, 1.54) is 20.5 Å². The van der Waals surface area contributed by atoms with Gasteiger partial charge in [0.05, 0.1) is 25.9 Å². The average Bonchev–Trinajstić information content (AvgIpc) is 3.18. The smallest absolute Gasteiger partial charge is 0.341 e. The van der Waals surface area contributed by atoms with Gasteiger partial charge in [-0.05, 0) is 30.4 Å². The van der Waals surface area contributed by atoms with Crippen LogP contribution in [-0.4, -0.2) is 26.2 Å². The molecule has 2 rings (SSSR count). The molecule has 5 nitrogen and oxygen atoms in total. The molecular formula is C18H22O5. The molecule has 124 valence electrons. The second kappa shape index (κ2) is 6.86. The summed E-state index contributed by atoms with van der Waals surface area (Å²) in [6.07, 6.45) is 2.18. The number of hydrogen-bond donors (Lipinski definition) is 0. The van der Waals surface area contributed by atoms with Crippen LogP contribution in [0.4, 0.5) is 0 Å². The van der Waals surface area contributed by atoms with Crippen molar-refractivity contribution in [2.75, 3.05) is 14.2 Å². The second-order valence-electron chi connectivity index (χ2n) is 6.01. The summed E-state index contributed by atoms with van der Waals surface area (Å²) in [5, 5.41) is 0. The predicted octanol–water partition coefficient (Wildman–Crippen LogP) is 2.94. The zero-order valence-electron chi connectivity index (χ0n) is 13.9. The van der Waals surface area contributed by atoms with Crippen molar-refractivity contribution in [2.24, 2.45) is 11.3 Å². The van der Waals surface area contributed by atoms with Gasteiger partial charge in [0.2, 0.25) is 0 Å². The van der Waals surface area contributed by atoms with Gasteiger partial charge in [-0.2, -0.15) is 0 Å². The maximum atomic E-state index is 12.2. The van der Waals surface area contributed by atoms with Gasteiger partial charge in [0.1, 0.15) is 12.2 Å². The lowest BCUT2D eigenvalue weighted by Crippen LogP contribution is -2.18. The van der Waals surface area contributed by atoms with Gasteiger partial charge in [-0.25, -0.2) is 4.79 Å². The fraction of sp³-hybridized carbons (Fsp3) is 0.444. The van der Waals surface area contributed by atoms with Gasteiger partial charge >= 0.3 is 11.9 Å². The zero-order chi connectivity index (χ0) is 17.0. The van der Waals surface area contributed by atoms with Gasteiger partial charge in [-0.1, -0.05) is 31.2 Å². The fourth-order valence-electron chi connectivity index (χ4n) is 2.53. The highest BCUT2D eigenvalue weighted by Crippen LogP contribution is 2.52. The van der Waals surface area contributed by atoms with Crippen LogP contribution in [0.15, 0.2) is 30.5 Å². The topological polar surface area (TPSA) is 61.8 Å². The summed E-state index contributed by atoms with van der Waals surface area (Å²) in [5.41, 5.74) is 1.27. The molecule has 0 N–H and O–H groups in total. The Balaban J connectivity index is 2.18. The van der Waals surface area contributed by atoms with Crippen LogP contribution >= 0.6 is 0 Å². The third-order valence-electron chi connectivity index (χ3n) is 4.43. The van der Waals surface area contributed by atoms with Crippen molar-refractivity contribution in [2.45, 2.75) is 26.9 Å². The van der Waals surface area contributed by atoms with Crippen molar-refractivity contribution in [1.29, 1.82) is 0 Å². The molecule has 0 spiro atoms. The lowest BCUT2D eigenvalue weighted by molar-refractivity contribution is -0.151. The molecule has 1 aliphatic carbocycles. The Bertz CT molecular complexity index is 634. The van der Waals surface area contributed by atoms with Crippen LogP contribution in [0.1, 0.15) is 31.4 Å². The summed E-state index contributed by atoms with van der Waals surface area (Å²) in [4.78, 5) is 24.1. The van der Waals surface area contributed by atoms with Crippen LogP contribution in [0.2, 0.25) is 0 Å². The van der Waals surface area contributed by atoms with E-state index in [9.17, 15) is 9.59 Å². The molecule has 0 heterocycles. The summed E-state index contributed by atoms with van der Waals surface area (Å²) in [7, 11) is 2.77. The summed E-state index contributed by atoms with van der Waals surface area (Å²) < 4.78 is 15.2. The summed E-state index contributed by atoms with van der Waals surface area (Å²) >= 11 is 0. The SMILES string of the molecule is CO/C=C(\C(=O)OC)c1ccccc1COC(=O)C1(C)CC1C. The van der Waals surface area contributed by atoms with Crippen molar-refractivity contribution in [3.63, 3.8) is 0 Å². The number of rotatable bonds is 6. The third-order valence-corrected chi connectivity index (χ3v) is 4.43. The van der Waals surface area contributed by atoms with Crippen molar-refractivity contribution in [3.8, 4) is 0 Å². The maximum absolute atomic E-state index is 12.2. The van der Waals surface area contributed by atoms with E-state index in [4.69, 9.17) is 14.2 Å². The first-order valence-corrected chi connectivity index (χ1v) is 7.50. The molecule has 5 heteroatoms. The quantitative estimate of drug-likeness (QED) is 0.458. The minimum absolute atomic E-state index is 0.107. The predicted molar refractivity (Wildman–Crippen MR) is 85.1 cm³/mol. The van der Waals surface area contributed by atoms with Gasteiger partial charge in [-0.15, -0.1) is 0 Å². The van der Waals surface area contributed by atoms with Crippen LogP contribution in [-0.2, 0) is 30.4 Å². The van der Waals surface area contributed by atoms with E-state index >= 15 is 0 Å². The molecule has 1 aliphatic rings. The van der Waals surface area contributed by atoms with Crippen molar-refractivity contribution in [3.05, 3.63) is 41.7 Å². The Hall–Kier alpha value is -2.30. The molecule has 1 aromatic rings. The number of esters is 2. The third kappa shape index (κ3) is 3.55. The normalized spacial score (nSPS) is 23.1. The Morgan fingerprint density at radius 3 is 2.52 bits per heavy atom. The van der Waals surface area contributed by atoms with E-state index in [2.05, 4.69) is 0 Å². The molecule has 0 bridgehead atoms. The molecule has 2 atom stereocenters. The number of carbonyl (C=O) groups is 2. The van der Waals surface area contributed by atoms with Crippen LogP contribution in [0.25, 0.3) is 5.57 Å². The molecule has 1 aromatic carbocycles. The van der Waals surface area contributed by atoms with Gasteiger partial charge in [0, 0.05) is 0 Å². The monoisotopic (exact) mass is 318 g/mol. The number of methoxy groups -OCH3 is 2. The first-order valence-electron chi connectivity index (χ1n) is 7.50. The lowest BCUT2D eigenvalue weighted by atomic mass is 10.0. The number of hydrogen-bond acceptors (Lipinski definition) is 5. The molecule has 0 saturated heterocycles. The highest BCUT2D eigenvalue weighted by atomic mass is 16.5. The Kier molecular flexibility index (Phi) is 5.08. The standard InChI is InChI=1S/C18H22O5/c1-12-9-18(12,2)17(20)23-10-13-7-5-6-8-14(13)15(11-21-3)16(19)22-4/h5-8,11-12H,9-10H2,1-4H3/b15-11-. The van der Waals surface area contributed by atoms with Gasteiger partial charge < -0.3 is 14.2 Å². The number of benzene rings is 1. The van der Waals surface area contributed by atoms with Crippen LogP contribution < -0.4 is 0 Å². The summed E-state index contributed by atoms with van der Waals surface area (Å²) in [5.74, 6) is -0.354. The largest absolute Gasteiger partial charge is 0.503 e. The second-order valence-corrected chi connectivity index (χ2v) is 6.01. The van der Waals surface area contributed by atoms with Gasteiger partial charge in [0.25, 0.3) is 0 Å². The molecule has 23 heavy (non-hydrogen) atoms. The Morgan fingerprint density at radius 1 is 1.30 bits per heavy atom. The molecule has 2 unspecified atom stereocenters. The molecule has 1 saturated carbocycles. The first-order chi connectivity index (χ1) is 10.9. The van der Waals surface area contributed by atoms with Crippen molar-refractivity contribution < 1.29 is 23.8 Å². The number of ether oxygens (including phenoxy) is 3. The summed E-state index contributed by atoms with van der Waals surface area (Å²) in [6.45, 7) is 4.05. The van der Waals surface area contributed by atoms with Gasteiger partial charge in [0.15, 0.2) is 0 Å². The number of carbonyl (C=O) groups excluding carboxylic acids is 2. The van der Waals surface area contributed by atoms with E-state index in [0.29, 0.717) is 11.5 Å². The Labute approximate surface area is 136 Å². The minimum Gasteiger partial charge on any atom is -0.503 e. The van der Waals surface area contributed by atoms with Crippen molar-refractivity contribution >= 4 is 17.5 Å². The maximum Gasteiger partial charge on any atom is 0.341 e. The van der Waals surface area contributed by atoms with E-state index in [-0.39, 0.29) is 23.6 Å². The molecule has 0 aliphatic heterocycles. The average molecular weight is 318 g/mol. The van der Waals surface area contributed by atoms with E-state index < -0.39 is 5.97 Å². The highest BCUT2D eigenvalue weighted by molar-refractivity contribution is 6.16. The lowest BCUT2D eigenvalue weighted by Gasteiger charge is -2.14. The molecule has 0 radical (unpaired) electrons. The van der Waals surface area contributed by atoms with E-state index in [0.717, 1.165) is 12.0 Å². The van der Waals surface area contributed by atoms with Gasteiger partial charge in [-0.3, -0.25) is 4.79 Å². The molecule has 1 fully saturated rings. The van der Waals surface area contributed by atoms with E-state index in [1.54, 1.807) is 12.1 Å². The van der Waals surface area contributed by atoms with Crippen molar-refractivity contribution in [1.82, 2.24) is 0 Å². The highest BCUT2D eigenvalue weighted by Gasteiger charge is 2.54. The fourth-order valence-corrected chi connectivity index (χ4v) is 2.53. The first kappa shape index (κ1) is 17.1. The minimum atomic E-state index is -0.506. The van der Waals surface area contributed by atoms with Crippen LogP contribution in [0.5, 0.6) is 0 Å². The van der Waals surface area contributed by atoms with E-state index in [1.807, 2.05) is 26.0 Å². The van der Waals surface area contributed by atoms with Crippen LogP contribution in [0, 0.1) is 11.3 Å². The zero-order valence-corrected chi connectivity index (χ0v) is 13.9. The molecule has 0 amide bonds. The molecule has 0 aromatic heterocycles. The van der Waals surface area contributed by atoms with Crippen LogP contribution in [0.3, 0.4) is 0 Å².